The van der Waals surface area contributed by atoms with Gasteiger partial charge in [-0.15, -0.1) is 0 Å². The van der Waals surface area contributed by atoms with E-state index in [9.17, 15) is 0 Å². The van der Waals surface area contributed by atoms with Crippen molar-refractivity contribution in [3.63, 3.8) is 0 Å². The lowest BCUT2D eigenvalue weighted by atomic mass is 9.81. The molecule has 1 heterocycles. The lowest BCUT2D eigenvalue weighted by Gasteiger charge is -2.31. The van der Waals surface area contributed by atoms with Gasteiger partial charge in [0.2, 0.25) is 0 Å². The fourth-order valence-electron chi connectivity index (χ4n) is 3.70. The Morgan fingerprint density at radius 1 is 1.24 bits per heavy atom. The third kappa shape index (κ3) is 3.75. The Bertz CT molecular complexity index is 591. The molecule has 1 saturated carbocycles. The first kappa shape index (κ1) is 14.4. The largest absolute Gasteiger partial charge is 0.382 e. The van der Waals surface area contributed by atoms with E-state index in [2.05, 4.69) is 48.4 Å². The molecule has 1 aliphatic rings. The van der Waals surface area contributed by atoms with Crippen molar-refractivity contribution < 1.29 is 0 Å². The molecule has 2 nitrogen and oxygen atoms in total. The SMILES string of the molecule is CC(C)CC1CCCC(Nc2ccc3ncccc3c2)C1. The summed E-state index contributed by atoms with van der Waals surface area (Å²) in [4.78, 5) is 4.39. The molecule has 0 saturated heterocycles. The summed E-state index contributed by atoms with van der Waals surface area (Å²) in [6, 6.07) is 11.3. The minimum atomic E-state index is 0.636. The highest BCUT2D eigenvalue weighted by atomic mass is 14.9. The predicted molar refractivity (Wildman–Crippen MR) is 90.6 cm³/mol. The number of nitrogens with zero attached hydrogens (tertiary/aromatic N) is 1. The number of nitrogens with one attached hydrogen (secondary N) is 1. The van der Waals surface area contributed by atoms with Crippen molar-refractivity contribution in [1.29, 1.82) is 0 Å². The van der Waals surface area contributed by atoms with Crippen LogP contribution in [0, 0.1) is 11.8 Å². The number of benzene rings is 1. The van der Waals surface area contributed by atoms with E-state index in [0.717, 1.165) is 17.4 Å². The molecule has 0 aliphatic heterocycles. The zero-order valence-corrected chi connectivity index (χ0v) is 13.2. The standard InChI is InChI=1S/C19H26N2/c1-14(2)11-15-5-3-7-17(12-15)21-18-8-9-19-16(13-18)6-4-10-20-19/h4,6,8-10,13-15,17,21H,3,5,7,11-12H2,1-2H3. The number of anilines is 1. The van der Waals surface area contributed by atoms with Crippen molar-refractivity contribution in [2.24, 2.45) is 11.8 Å². The van der Waals surface area contributed by atoms with Gasteiger partial charge in [-0.2, -0.15) is 0 Å². The molecule has 2 atom stereocenters. The van der Waals surface area contributed by atoms with E-state index < -0.39 is 0 Å². The Morgan fingerprint density at radius 3 is 3.00 bits per heavy atom. The van der Waals surface area contributed by atoms with Gasteiger partial charge in [0.25, 0.3) is 0 Å². The van der Waals surface area contributed by atoms with Crippen LogP contribution in [0.1, 0.15) is 46.0 Å². The summed E-state index contributed by atoms with van der Waals surface area (Å²) in [7, 11) is 0. The molecule has 3 rings (SSSR count). The third-order valence-corrected chi connectivity index (χ3v) is 4.56. The molecule has 2 aromatic rings. The minimum absolute atomic E-state index is 0.636. The molecular weight excluding hydrogens is 256 g/mol. The quantitative estimate of drug-likeness (QED) is 0.828. The maximum atomic E-state index is 4.39. The lowest BCUT2D eigenvalue weighted by Crippen LogP contribution is -2.27. The first-order valence-corrected chi connectivity index (χ1v) is 8.32. The van der Waals surface area contributed by atoms with Gasteiger partial charge in [-0.3, -0.25) is 4.98 Å². The van der Waals surface area contributed by atoms with E-state index >= 15 is 0 Å². The zero-order chi connectivity index (χ0) is 14.7. The number of rotatable bonds is 4. The Kier molecular flexibility index (Phi) is 4.42. The first-order chi connectivity index (χ1) is 10.2. The van der Waals surface area contributed by atoms with Gasteiger partial charge in [-0.05, 0) is 55.4 Å². The topological polar surface area (TPSA) is 24.9 Å². The van der Waals surface area contributed by atoms with Crippen molar-refractivity contribution in [3.8, 4) is 0 Å². The monoisotopic (exact) mass is 282 g/mol. The van der Waals surface area contributed by atoms with E-state index in [1.807, 2.05) is 12.3 Å². The maximum absolute atomic E-state index is 4.39. The molecule has 1 fully saturated rings. The molecule has 1 aliphatic carbocycles. The van der Waals surface area contributed by atoms with Crippen molar-refractivity contribution in [3.05, 3.63) is 36.5 Å². The number of pyridine rings is 1. The molecular formula is C19H26N2. The van der Waals surface area contributed by atoms with Crippen LogP contribution in [0.25, 0.3) is 10.9 Å². The highest BCUT2D eigenvalue weighted by Crippen LogP contribution is 2.31. The second kappa shape index (κ2) is 6.46. The fourth-order valence-corrected chi connectivity index (χ4v) is 3.70. The molecule has 21 heavy (non-hydrogen) atoms. The van der Waals surface area contributed by atoms with E-state index in [-0.39, 0.29) is 0 Å². The van der Waals surface area contributed by atoms with Gasteiger partial charge >= 0.3 is 0 Å². The van der Waals surface area contributed by atoms with Gasteiger partial charge in [0.1, 0.15) is 0 Å². The molecule has 112 valence electrons. The van der Waals surface area contributed by atoms with Crippen LogP contribution < -0.4 is 5.32 Å². The Balaban J connectivity index is 1.66. The van der Waals surface area contributed by atoms with Crippen LogP contribution in [-0.4, -0.2) is 11.0 Å². The normalized spacial score (nSPS) is 22.6. The van der Waals surface area contributed by atoms with E-state index in [4.69, 9.17) is 0 Å². The van der Waals surface area contributed by atoms with Crippen molar-refractivity contribution >= 4 is 16.6 Å². The van der Waals surface area contributed by atoms with Gasteiger partial charge in [-0.25, -0.2) is 0 Å². The van der Waals surface area contributed by atoms with Crippen molar-refractivity contribution in [2.75, 3.05) is 5.32 Å². The molecule has 2 unspecified atom stereocenters. The van der Waals surface area contributed by atoms with Crippen LogP contribution >= 0.6 is 0 Å². The van der Waals surface area contributed by atoms with Gasteiger partial charge in [-0.1, -0.05) is 32.8 Å². The molecule has 1 aromatic carbocycles. The Hall–Kier alpha value is -1.57. The number of aromatic nitrogens is 1. The summed E-state index contributed by atoms with van der Waals surface area (Å²) < 4.78 is 0. The summed E-state index contributed by atoms with van der Waals surface area (Å²) in [6.07, 6.45) is 8.64. The van der Waals surface area contributed by atoms with Crippen LogP contribution in [0.2, 0.25) is 0 Å². The Labute approximate surface area is 128 Å². The van der Waals surface area contributed by atoms with E-state index in [1.54, 1.807) is 0 Å². The first-order valence-electron chi connectivity index (χ1n) is 8.32. The van der Waals surface area contributed by atoms with E-state index in [0.29, 0.717) is 6.04 Å². The fraction of sp³-hybridized carbons (Fsp3) is 0.526. The summed E-state index contributed by atoms with van der Waals surface area (Å²) in [5.74, 6) is 1.72. The number of fused-ring (bicyclic) bond motifs is 1. The zero-order valence-electron chi connectivity index (χ0n) is 13.2. The van der Waals surface area contributed by atoms with Crippen LogP contribution in [0.3, 0.4) is 0 Å². The molecule has 0 spiro atoms. The minimum Gasteiger partial charge on any atom is -0.382 e. The Morgan fingerprint density at radius 2 is 2.14 bits per heavy atom. The summed E-state index contributed by atoms with van der Waals surface area (Å²) in [5.41, 5.74) is 2.31. The van der Waals surface area contributed by atoms with Gasteiger partial charge in [0, 0.05) is 23.3 Å². The lowest BCUT2D eigenvalue weighted by molar-refractivity contribution is 0.289. The van der Waals surface area contributed by atoms with Gasteiger partial charge in [0.15, 0.2) is 0 Å². The number of hydrogen-bond acceptors (Lipinski definition) is 2. The van der Waals surface area contributed by atoms with Gasteiger partial charge < -0.3 is 5.32 Å². The third-order valence-electron chi connectivity index (χ3n) is 4.56. The molecule has 0 bridgehead atoms. The molecule has 0 amide bonds. The average molecular weight is 282 g/mol. The van der Waals surface area contributed by atoms with E-state index in [1.165, 1.54) is 43.2 Å². The highest BCUT2D eigenvalue weighted by molar-refractivity contribution is 5.82. The summed E-state index contributed by atoms with van der Waals surface area (Å²) >= 11 is 0. The second-order valence-electron chi connectivity index (χ2n) is 6.91. The van der Waals surface area contributed by atoms with Crippen LogP contribution in [0.4, 0.5) is 5.69 Å². The summed E-state index contributed by atoms with van der Waals surface area (Å²) in [5, 5.41) is 4.97. The summed E-state index contributed by atoms with van der Waals surface area (Å²) in [6.45, 7) is 4.68. The predicted octanol–water partition coefficient (Wildman–Crippen LogP) is 5.25. The average Bonchev–Trinajstić information content (AvgIpc) is 2.47. The molecule has 2 heteroatoms. The van der Waals surface area contributed by atoms with Crippen molar-refractivity contribution in [2.45, 2.75) is 52.0 Å². The number of hydrogen-bond donors (Lipinski definition) is 1. The molecule has 0 radical (unpaired) electrons. The second-order valence-corrected chi connectivity index (χ2v) is 6.91. The van der Waals surface area contributed by atoms with Gasteiger partial charge in [0.05, 0.1) is 5.52 Å². The van der Waals surface area contributed by atoms with Crippen LogP contribution in [0.15, 0.2) is 36.5 Å². The molecule has 1 N–H and O–H groups in total. The van der Waals surface area contributed by atoms with Crippen LogP contribution in [0.5, 0.6) is 0 Å². The van der Waals surface area contributed by atoms with Crippen LogP contribution in [-0.2, 0) is 0 Å². The highest BCUT2D eigenvalue weighted by Gasteiger charge is 2.22. The molecule has 1 aromatic heterocycles. The maximum Gasteiger partial charge on any atom is 0.0703 e. The van der Waals surface area contributed by atoms with Crippen molar-refractivity contribution in [1.82, 2.24) is 4.98 Å². The smallest absolute Gasteiger partial charge is 0.0703 e.